The van der Waals surface area contributed by atoms with Gasteiger partial charge >= 0.3 is 5.97 Å². The minimum atomic E-state index is -0.332. The van der Waals surface area contributed by atoms with Crippen LogP contribution in [0, 0.1) is 6.92 Å². The van der Waals surface area contributed by atoms with E-state index >= 15 is 0 Å². The third-order valence-corrected chi connectivity index (χ3v) is 3.28. The molecule has 3 heteroatoms. The van der Waals surface area contributed by atoms with E-state index in [4.69, 9.17) is 9.47 Å². The summed E-state index contributed by atoms with van der Waals surface area (Å²) in [4.78, 5) is 11.4. The van der Waals surface area contributed by atoms with Gasteiger partial charge in [0.1, 0.15) is 11.4 Å². The summed E-state index contributed by atoms with van der Waals surface area (Å²) in [6, 6.07) is 7.93. The Hall–Kier alpha value is -1.51. The maximum absolute atomic E-state index is 11.4. The molecule has 0 aromatic heterocycles. The van der Waals surface area contributed by atoms with Gasteiger partial charge in [0, 0.05) is 0 Å². The number of methoxy groups -OCH3 is 1. The summed E-state index contributed by atoms with van der Waals surface area (Å²) in [7, 11) is 1.42. The van der Waals surface area contributed by atoms with Crippen LogP contribution in [0.4, 0.5) is 0 Å². The largest absolute Gasteiger partial charge is 0.487 e. The molecule has 0 amide bonds. The second kappa shape index (κ2) is 4.78. The van der Waals surface area contributed by atoms with Crippen LogP contribution >= 0.6 is 0 Å². The Kier molecular flexibility index (Phi) is 3.36. The topological polar surface area (TPSA) is 35.5 Å². The maximum atomic E-state index is 11.4. The molecule has 0 atom stereocenters. The molecule has 0 heterocycles. The van der Waals surface area contributed by atoms with Crippen LogP contribution in [0.15, 0.2) is 24.3 Å². The highest BCUT2D eigenvalue weighted by atomic mass is 16.5. The summed E-state index contributed by atoms with van der Waals surface area (Å²) >= 11 is 0. The van der Waals surface area contributed by atoms with Gasteiger partial charge in [0.2, 0.25) is 0 Å². The molecule has 0 saturated heterocycles. The zero-order chi connectivity index (χ0) is 12.3. The van der Waals surface area contributed by atoms with E-state index in [0.29, 0.717) is 6.42 Å². The van der Waals surface area contributed by atoms with Crippen LogP contribution < -0.4 is 4.74 Å². The van der Waals surface area contributed by atoms with Gasteiger partial charge in [-0.05, 0) is 43.9 Å². The number of ether oxygens (including phenoxy) is 2. The van der Waals surface area contributed by atoms with Crippen molar-refractivity contribution >= 4 is 5.97 Å². The molecule has 0 spiro atoms. The van der Waals surface area contributed by atoms with Crippen molar-refractivity contribution in [1.82, 2.24) is 0 Å². The Balaban J connectivity index is 2.06. The van der Waals surface area contributed by atoms with Gasteiger partial charge in [-0.1, -0.05) is 12.1 Å². The van der Waals surface area contributed by atoms with E-state index in [-0.39, 0.29) is 11.6 Å². The molecule has 92 valence electrons. The van der Waals surface area contributed by atoms with E-state index in [1.807, 2.05) is 31.2 Å². The molecule has 1 saturated carbocycles. The van der Waals surface area contributed by atoms with Gasteiger partial charge in [0.25, 0.3) is 0 Å². The Morgan fingerprint density at radius 2 is 2.18 bits per heavy atom. The highest BCUT2D eigenvalue weighted by Gasteiger charge is 2.41. The van der Waals surface area contributed by atoms with Gasteiger partial charge in [0.05, 0.1) is 13.5 Å². The molecule has 17 heavy (non-hydrogen) atoms. The molecule has 0 radical (unpaired) electrons. The predicted molar refractivity (Wildman–Crippen MR) is 65.0 cm³/mol. The second-order valence-electron chi connectivity index (χ2n) is 4.71. The molecule has 0 aliphatic heterocycles. The van der Waals surface area contributed by atoms with Crippen LogP contribution in [0.2, 0.25) is 0 Å². The first-order valence-electron chi connectivity index (χ1n) is 5.96. The van der Waals surface area contributed by atoms with Crippen LogP contribution in [0.5, 0.6) is 5.75 Å². The Labute approximate surface area is 102 Å². The van der Waals surface area contributed by atoms with Gasteiger partial charge in [0.15, 0.2) is 0 Å². The lowest BCUT2D eigenvalue weighted by atomic mass is 9.77. The van der Waals surface area contributed by atoms with E-state index in [2.05, 4.69) is 0 Å². The van der Waals surface area contributed by atoms with Crippen LogP contribution in [-0.2, 0) is 9.53 Å². The van der Waals surface area contributed by atoms with E-state index in [1.165, 1.54) is 7.11 Å². The standard InChI is InChI=1S/C14H18O3/c1-11-5-3-6-12(9-11)17-14(7-4-8-14)10-13(15)16-2/h3,5-6,9H,4,7-8,10H2,1-2H3. The van der Waals surface area contributed by atoms with Crippen molar-refractivity contribution in [2.75, 3.05) is 7.11 Å². The summed E-state index contributed by atoms with van der Waals surface area (Å²) in [5, 5.41) is 0. The van der Waals surface area contributed by atoms with Gasteiger partial charge in [-0.3, -0.25) is 4.79 Å². The van der Waals surface area contributed by atoms with Crippen LogP contribution in [0.25, 0.3) is 0 Å². The summed E-state index contributed by atoms with van der Waals surface area (Å²) in [5.74, 6) is 0.644. The van der Waals surface area contributed by atoms with Crippen molar-refractivity contribution in [3.8, 4) is 5.75 Å². The first kappa shape index (κ1) is 12.0. The minimum absolute atomic E-state index is 0.197. The van der Waals surface area contributed by atoms with Gasteiger partial charge in [-0.15, -0.1) is 0 Å². The third-order valence-electron chi connectivity index (χ3n) is 3.28. The van der Waals surface area contributed by atoms with Crippen molar-refractivity contribution in [1.29, 1.82) is 0 Å². The minimum Gasteiger partial charge on any atom is -0.487 e. The van der Waals surface area contributed by atoms with Crippen molar-refractivity contribution in [3.63, 3.8) is 0 Å². The highest BCUT2D eigenvalue weighted by Crippen LogP contribution is 2.39. The molecule has 0 bridgehead atoms. The summed E-state index contributed by atoms with van der Waals surface area (Å²) < 4.78 is 10.7. The Morgan fingerprint density at radius 3 is 2.71 bits per heavy atom. The molecular formula is C14H18O3. The lowest BCUT2D eigenvalue weighted by Gasteiger charge is -2.41. The van der Waals surface area contributed by atoms with Gasteiger partial charge in [-0.25, -0.2) is 0 Å². The molecular weight excluding hydrogens is 216 g/mol. The fourth-order valence-corrected chi connectivity index (χ4v) is 2.15. The molecule has 2 rings (SSSR count). The molecule has 1 aromatic carbocycles. The number of carbonyl (C=O) groups excluding carboxylic acids is 1. The second-order valence-corrected chi connectivity index (χ2v) is 4.71. The molecule has 1 aliphatic carbocycles. The third kappa shape index (κ3) is 2.78. The molecule has 0 N–H and O–H groups in total. The normalized spacial score (nSPS) is 17.1. The molecule has 1 aromatic rings. The number of rotatable bonds is 4. The van der Waals surface area contributed by atoms with E-state index in [1.54, 1.807) is 0 Å². The van der Waals surface area contributed by atoms with E-state index in [9.17, 15) is 4.79 Å². The molecule has 3 nitrogen and oxygen atoms in total. The lowest BCUT2D eigenvalue weighted by molar-refractivity contribution is -0.148. The SMILES string of the molecule is COC(=O)CC1(Oc2cccc(C)c2)CCC1. The lowest BCUT2D eigenvalue weighted by Crippen LogP contribution is -2.45. The van der Waals surface area contributed by atoms with Crippen molar-refractivity contribution < 1.29 is 14.3 Å². The average molecular weight is 234 g/mol. The summed E-state index contributed by atoms with van der Waals surface area (Å²) in [5.41, 5.74) is 0.830. The monoisotopic (exact) mass is 234 g/mol. The van der Waals surface area contributed by atoms with Crippen molar-refractivity contribution in [2.45, 2.75) is 38.2 Å². The fraction of sp³-hybridized carbons (Fsp3) is 0.500. The Bertz CT molecular complexity index is 408. The predicted octanol–water partition coefficient (Wildman–Crippen LogP) is 2.86. The van der Waals surface area contributed by atoms with Crippen molar-refractivity contribution in [3.05, 3.63) is 29.8 Å². The number of benzene rings is 1. The molecule has 1 aliphatic rings. The first-order valence-corrected chi connectivity index (χ1v) is 5.96. The van der Waals surface area contributed by atoms with Crippen LogP contribution in [0.1, 0.15) is 31.2 Å². The number of carbonyl (C=O) groups is 1. The summed E-state index contributed by atoms with van der Waals surface area (Å²) in [6.45, 7) is 2.03. The van der Waals surface area contributed by atoms with E-state index < -0.39 is 0 Å². The molecule has 1 fully saturated rings. The van der Waals surface area contributed by atoms with Crippen molar-refractivity contribution in [2.24, 2.45) is 0 Å². The van der Waals surface area contributed by atoms with Crippen LogP contribution in [-0.4, -0.2) is 18.7 Å². The smallest absolute Gasteiger partial charge is 0.309 e. The quantitative estimate of drug-likeness (QED) is 0.751. The highest BCUT2D eigenvalue weighted by molar-refractivity contribution is 5.70. The van der Waals surface area contributed by atoms with Crippen LogP contribution in [0.3, 0.4) is 0 Å². The van der Waals surface area contributed by atoms with E-state index in [0.717, 1.165) is 30.6 Å². The number of hydrogen-bond donors (Lipinski definition) is 0. The zero-order valence-electron chi connectivity index (χ0n) is 10.4. The average Bonchev–Trinajstić information content (AvgIpc) is 2.26. The number of esters is 1. The summed E-state index contributed by atoms with van der Waals surface area (Å²) in [6.07, 6.45) is 3.31. The maximum Gasteiger partial charge on any atom is 0.309 e. The fourth-order valence-electron chi connectivity index (χ4n) is 2.15. The Morgan fingerprint density at radius 1 is 1.41 bits per heavy atom. The van der Waals surface area contributed by atoms with Gasteiger partial charge in [-0.2, -0.15) is 0 Å². The molecule has 0 unspecified atom stereocenters. The number of hydrogen-bond acceptors (Lipinski definition) is 3. The van der Waals surface area contributed by atoms with Gasteiger partial charge < -0.3 is 9.47 Å². The first-order chi connectivity index (χ1) is 8.13. The zero-order valence-corrected chi connectivity index (χ0v) is 10.4. The number of aryl methyl sites for hydroxylation is 1.